The smallest absolute Gasteiger partial charge is 0.276 e. The van der Waals surface area contributed by atoms with Crippen LogP contribution >= 0.6 is 0 Å². The summed E-state index contributed by atoms with van der Waals surface area (Å²) in [4.78, 5) is 41.1. The van der Waals surface area contributed by atoms with Crippen LogP contribution in [0, 0.1) is 0 Å². The van der Waals surface area contributed by atoms with Crippen molar-refractivity contribution in [3.05, 3.63) is 101 Å². The van der Waals surface area contributed by atoms with E-state index in [1.165, 1.54) is 4.57 Å². The highest BCUT2D eigenvalue weighted by Crippen LogP contribution is 2.30. The van der Waals surface area contributed by atoms with Gasteiger partial charge in [0.15, 0.2) is 5.78 Å². The van der Waals surface area contributed by atoms with Gasteiger partial charge in [-0.05, 0) is 67.6 Å². The molecule has 5 heterocycles. The first kappa shape index (κ1) is 25.7. The van der Waals surface area contributed by atoms with Crippen LogP contribution in [0.3, 0.4) is 0 Å². The Kier molecular flexibility index (Phi) is 6.68. The van der Waals surface area contributed by atoms with E-state index >= 15 is 0 Å². The van der Waals surface area contributed by atoms with Gasteiger partial charge in [-0.3, -0.25) is 19.1 Å². The number of anilines is 6. The van der Waals surface area contributed by atoms with Gasteiger partial charge < -0.3 is 26.6 Å². The first-order valence-corrected chi connectivity index (χ1v) is 13.9. The van der Waals surface area contributed by atoms with Crippen molar-refractivity contribution in [1.82, 2.24) is 24.8 Å². The first-order valence-electron chi connectivity index (χ1n) is 13.9. The van der Waals surface area contributed by atoms with E-state index < -0.39 is 6.04 Å². The first-order chi connectivity index (χ1) is 20.6. The second-order valence-electron chi connectivity index (χ2n) is 10.4. The van der Waals surface area contributed by atoms with E-state index in [1.54, 1.807) is 36.8 Å². The van der Waals surface area contributed by atoms with E-state index in [1.807, 2.05) is 48.5 Å². The van der Waals surface area contributed by atoms with Crippen LogP contribution in [-0.4, -0.2) is 51.0 Å². The largest absolute Gasteiger partial charge is 0.382 e. The Hall–Kier alpha value is -5.29. The van der Waals surface area contributed by atoms with Gasteiger partial charge in [-0.1, -0.05) is 12.1 Å². The zero-order valence-corrected chi connectivity index (χ0v) is 22.7. The van der Waals surface area contributed by atoms with Crippen molar-refractivity contribution in [1.29, 1.82) is 0 Å². The van der Waals surface area contributed by atoms with Crippen molar-refractivity contribution >= 4 is 51.2 Å². The summed E-state index contributed by atoms with van der Waals surface area (Å²) in [5.74, 6) is 0.167. The summed E-state index contributed by atoms with van der Waals surface area (Å²) >= 11 is 0. The molecule has 0 aliphatic carbocycles. The summed E-state index contributed by atoms with van der Waals surface area (Å²) in [5.41, 5.74) is 4.08. The number of Topliss-reactive ketones (excluding diaryl/α,β-unsaturated/α-hetero) is 1. The maximum atomic E-state index is 14.0. The molecule has 0 bridgehead atoms. The molecule has 2 aliphatic heterocycles. The minimum absolute atomic E-state index is 0.153. The highest BCUT2D eigenvalue weighted by atomic mass is 16.1. The quantitative estimate of drug-likeness (QED) is 0.196. The number of para-hydroxylation sites is 1. The molecule has 11 heteroatoms. The van der Waals surface area contributed by atoms with Crippen molar-refractivity contribution < 1.29 is 4.79 Å². The Labute approximate surface area is 241 Å². The van der Waals surface area contributed by atoms with Crippen LogP contribution in [0.15, 0.2) is 90.1 Å². The predicted molar refractivity (Wildman–Crippen MR) is 164 cm³/mol. The molecule has 3 aromatic heterocycles. The maximum absolute atomic E-state index is 14.0. The minimum atomic E-state index is -0.802. The monoisotopic (exact) mass is 559 g/mol. The van der Waals surface area contributed by atoms with E-state index in [-0.39, 0.29) is 17.9 Å². The van der Waals surface area contributed by atoms with Crippen molar-refractivity contribution in [3.8, 4) is 0 Å². The number of nitrogens with one attached hydrogen (secondary N) is 5. The average Bonchev–Trinajstić information content (AvgIpc) is 3.53. The number of carbonyl (C=O) groups excluding carboxylic acids is 1. The average molecular weight is 560 g/mol. The Balaban J connectivity index is 1.26. The fourth-order valence-corrected chi connectivity index (χ4v) is 5.48. The lowest BCUT2D eigenvalue weighted by Crippen LogP contribution is -2.38. The molecule has 0 amide bonds. The van der Waals surface area contributed by atoms with E-state index in [4.69, 9.17) is 4.98 Å². The van der Waals surface area contributed by atoms with Gasteiger partial charge in [0, 0.05) is 59.5 Å². The molecule has 11 nitrogen and oxygen atoms in total. The summed E-state index contributed by atoms with van der Waals surface area (Å²) in [5, 5.41) is 17.2. The van der Waals surface area contributed by atoms with Crippen molar-refractivity contribution in [2.75, 3.05) is 40.9 Å². The maximum Gasteiger partial charge on any atom is 0.276 e. The number of hydrogen-bond acceptors (Lipinski definition) is 10. The van der Waals surface area contributed by atoms with Crippen LogP contribution in [0.2, 0.25) is 0 Å². The van der Waals surface area contributed by atoms with Gasteiger partial charge in [0.05, 0.1) is 11.9 Å². The number of aromatic nitrogens is 4. The topological polar surface area (TPSA) is 138 Å². The zero-order chi connectivity index (χ0) is 28.5. The molecule has 2 aliphatic rings. The van der Waals surface area contributed by atoms with Gasteiger partial charge in [-0.15, -0.1) is 0 Å². The summed E-state index contributed by atoms with van der Waals surface area (Å²) in [6.07, 6.45) is 6.04. The minimum Gasteiger partial charge on any atom is -0.382 e. The second kappa shape index (κ2) is 10.9. The number of ketones is 1. The van der Waals surface area contributed by atoms with Crippen LogP contribution in [0.1, 0.15) is 22.8 Å². The lowest BCUT2D eigenvalue weighted by atomic mass is 9.97. The summed E-state index contributed by atoms with van der Waals surface area (Å²) in [6, 6.07) is 20.2. The molecule has 0 spiro atoms. The number of benzene rings is 2. The third-order valence-corrected chi connectivity index (χ3v) is 7.58. The Bertz CT molecular complexity index is 1820. The molecule has 7 rings (SSSR count). The van der Waals surface area contributed by atoms with Gasteiger partial charge in [-0.2, -0.15) is 4.98 Å². The molecule has 42 heavy (non-hydrogen) atoms. The van der Waals surface area contributed by atoms with Crippen molar-refractivity contribution in [2.24, 2.45) is 0 Å². The lowest BCUT2D eigenvalue weighted by molar-refractivity contribution is 0.0927. The van der Waals surface area contributed by atoms with Gasteiger partial charge in [-0.25, -0.2) is 4.98 Å². The molecule has 2 aromatic carbocycles. The number of nitrogens with zero attached hydrogens (tertiary/aromatic N) is 4. The van der Waals surface area contributed by atoms with Crippen LogP contribution in [0.25, 0.3) is 11.0 Å². The normalized spacial score (nSPS) is 17.9. The number of rotatable bonds is 7. The molecular weight excluding hydrogens is 530 g/mol. The molecule has 0 saturated carbocycles. The van der Waals surface area contributed by atoms with Crippen LogP contribution in [0.4, 0.5) is 34.4 Å². The summed E-state index contributed by atoms with van der Waals surface area (Å²) in [6.45, 7) is 2.23. The molecular formula is C31H29N9O2. The number of fused-ring (bicyclic) bond motifs is 2. The van der Waals surface area contributed by atoms with Crippen LogP contribution in [0.5, 0.6) is 0 Å². The zero-order valence-electron chi connectivity index (χ0n) is 22.7. The molecule has 2 unspecified atom stereocenters. The third-order valence-electron chi connectivity index (χ3n) is 7.58. The number of hydrogen-bond donors (Lipinski definition) is 5. The molecule has 210 valence electrons. The highest BCUT2D eigenvalue weighted by molar-refractivity contribution is 6.06. The van der Waals surface area contributed by atoms with Gasteiger partial charge in [0.25, 0.3) is 5.56 Å². The Morgan fingerprint density at radius 3 is 2.55 bits per heavy atom. The van der Waals surface area contributed by atoms with Gasteiger partial charge in [0.1, 0.15) is 17.4 Å². The van der Waals surface area contributed by atoms with Crippen molar-refractivity contribution in [2.45, 2.75) is 18.5 Å². The SMILES string of the molecule is O=C1c2ccccc2NCC1n1c(=O)c(Nc2cccnc2)cc2cnc(Nc3ccc(NC4CCNC4)cc3)nc21. The number of carbonyl (C=O) groups is 1. The summed E-state index contributed by atoms with van der Waals surface area (Å²) in [7, 11) is 0. The Morgan fingerprint density at radius 1 is 0.881 bits per heavy atom. The predicted octanol–water partition coefficient (Wildman–Crippen LogP) is 4.30. The van der Waals surface area contributed by atoms with Crippen LogP contribution < -0.4 is 32.1 Å². The van der Waals surface area contributed by atoms with Crippen molar-refractivity contribution in [3.63, 3.8) is 0 Å². The highest BCUT2D eigenvalue weighted by Gasteiger charge is 2.31. The van der Waals surface area contributed by atoms with E-state index in [0.717, 1.165) is 36.6 Å². The van der Waals surface area contributed by atoms with Crippen LogP contribution in [-0.2, 0) is 0 Å². The molecule has 5 N–H and O–H groups in total. The van der Waals surface area contributed by atoms with E-state index in [0.29, 0.717) is 40.0 Å². The Morgan fingerprint density at radius 2 is 1.74 bits per heavy atom. The summed E-state index contributed by atoms with van der Waals surface area (Å²) < 4.78 is 1.47. The second-order valence-corrected chi connectivity index (χ2v) is 10.4. The fourth-order valence-electron chi connectivity index (χ4n) is 5.48. The lowest BCUT2D eigenvalue weighted by Gasteiger charge is -2.27. The molecule has 1 fully saturated rings. The van der Waals surface area contributed by atoms with Gasteiger partial charge in [0.2, 0.25) is 5.95 Å². The molecule has 1 saturated heterocycles. The number of pyridine rings is 2. The third kappa shape index (κ3) is 5.01. The van der Waals surface area contributed by atoms with E-state index in [2.05, 4.69) is 36.6 Å². The standard InChI is InChI=1S/C31H29N9O2/c41-28-24-5-1-2-6-25(24)34-18-27(28)40-29-19(14-26(30(40)42)37-22-4-3-12-32-16-22)15-35-31(39-29)38-21-9-7-20(8-10-21)36-23-11-13-33-17-23/h1-10,12,14-16,23,27,33-34,36-37H,11,13,17-18H2,(H,35,38,39). The van der Waals surface area contributed by atoms with Gasteiger partial charge >= 0.3 is 0 Å². The fraction of sp³-hybridized carbons (Fsp3) is 0.194. The van der Waals surface area contributed by atoms with E-state index in [9.17, 15) is 9.59 Å². The molecule has 2 atom stereocenters. The molecule has 5 aromatic rings. The molecule has 0 radical (unpaired) electrons.